The molecule has 0 aliphatic carbocycles. The van der Waals surface area contributed by atoms with E-state index in [2.05, 4.69) is 18.8 Å². The van der Waals surface area contributed by atoms with E-state index in [1.807, 2.05) is 0 Å². The zero-order valence-corrected chi connectivity index (χ0v) is 8.48. The van der Waals surface area contributed by atoms with Crippen molar-refractivity contribution in [2.24, 2.45) is 11.5 Å². The lowest BCUT2D eigenvalue weighted by Crippen LogP contribution is -2.05. The monoisotopic (exact) mass is 181 g/mol. The highest BCUT2D eigenvalue weighted by atomic mass is 14.8. The summed E-state index contributed by atoms with van der Waals surface area (Å²) >= 11 is 0. The van der Waals surface area contributed by atoms with Gasteiger partial charge in [0.2, 0.25) is 0 Å². The van der Waals surface area contributed by atoms with E-state index >= 15 is 0 Å². The molecule has 1 aromatic heterocycles. The maximum Gasteiger partial charge on any atom is 0.0194 e. The molecule has 0 aliphatic heterocycles. The van der Waals surface area contributed by atoms with Crippen molar-refractivity contribution in [1.29, 1.82) is 0 Å². The number of nitrogens with two attached hydrogens (primary N) is 2. The number of aromatic amines is 1. The van der Waals surface area contributed by atoms with Crippen molar-refractivity contribution in [3.8, 4) is 0 Å². The molecule has 5 N–H and O–H groups in total. The van der Waals surface area contributed by atoms with Crippen molar-refractivity contribution in [1.82, 2.24) is 4.98 Å². The number of rotatable bonds is 4. The number of aromatic nitrogens is 1. The molecule has 3 heteroatoms. The van der Waals surface area contributed by atoms with Crippen LogP contribution in [0.3, 0.4) is 0 Å². The predicted octanol–water partition coefficient (Wildman–Crippen LogP) is 0.634. The predicted molar refractivity (Wildman–Crippen MR) is 55.8 cm³/mol. The second kappa shape index (κ2) is 4.44. The van der Waals surface area contributed by atoms with Crippen LogP contribution in [-0.2, 0) is 12.8 Å². The van der Waals surface area contributed by atoms with Gasteiger partial charge in [0, 0.05) is 11.4 Å². The molecule has 1 rings (SSSR count). The maximum absolute atomic E-state index is 5.52. The Morgan fingerprint density at radius 1 is 0.923 bits per heavy atom. The molecule has 0 unspecified atom stereocenters. The van der Waals surface area contributed by atoms with Gasteiger partial charge in [0.15, 0.2) is 0 Å². The van der Waals surface area contributed by atoms with Crippen LogP contribution in [0.4, 0.5) is 0 Å². The first kappa shape index (κ1) is 10.3. The molecule has 0 amide bonds. The zero-order valence-electron chi connectivity index (χ0n) is 8.48. The Labute approximate surface area is 79.5 Å². The third-order valence-corrected chi connectivity index (χ3v) is 2.56. The normalized spacial score (nSPS) is 10.8. The van der Waals surface area contributed by atoms with E-state index in [-0.39, 0.29) is 0 Å². The van der Waals surface area contributed by atoms with Crippen LogP contribution in [-0.4, -0.2) is 18.1 Å². The van der Waals surface area contributed by atoms with E-state index in [1.54, 1.807) is 0 Å². The Morgan fingerprint density at radius 3 is 1.62 bits per heavy atom. The third-order valence-electron chi connectivity index (χ3n) is 2.56. The van der Waals surface area contributed by atoms with Crippen molar-refractivity contribution in [3.05, 3.63) is 22.5 Å². The molecule has 0 radical (unpaired) electrons. The van der Waals surface area contributed by atoms with Gasteiger partial charge < -0.3 is 16.5 Å². The molecule has 0 saturated carbocycles. The fraction of sp³-hybridized carbons (Fsp3) is 0.600. The molecule has 0 aliphatic rings. The highest BCUT2D eigenvalue weighted by Gasteiger charge is 2.08. The van der Waals surface area contributed by atoms with Crippen LogP contribution in [0.2, 0.25) is 0 Å². The van der Waals surface area contributed by atoms with Crippen molar-refractivity contribution >= 4 is 0 Å². The molecule has 74 valence electrons. The van der Waals surface area contributed by atoms with Gasteiger partial charge in [0.05, 0.1) is 0 Å². The summed E-state index contributed by atoms with van der Waals surface area (Å²) in [5.41, 5.74) is 16.3. The van der Waals surface area contributed by atoms with Crippen molar-refractivity contribution < 1.29 is 0 Å². The SMILES string of the molecule is Cc1c(CCN)[nH]c(CCN)c1C. The van der Waals surface area contributed by atoms with E-state index in [4.69, 9.17) is 11.5 Å². The van der Waals surface area contributed by atoms with Gasteiger partial charge in [-0.1, -0.05) is 0 Å². The number of hydrogen-bond acceptors (Lipinski definition) is 2. The minimum Gasteiger partial charge on any atom is -0.362 e. The lowest BCUT2D eigenvalue weighted by Gasteiger charge is -1.95. The van der Waals surface area contributed by atoms with Gasteiger partial charge in [-0.2, -0.15) is 0 Å². The highest BCUT2D eigenvalue weighted by molar-refractivity contribution is 5.35. The molecule has 0 fully saturated rings. The van der Waals surface area contributed by atoms with Crippen molar-refractivity contribution in [3.63, 3.8) is 0 Å². The molecule has 3 nitrogen and oxygen atoms in total. The fourth-order valence-corrected chi connectivity index (χ4v) is 1.61. The summed E-state index contributed by atoms with van der Waals surface area (Å²) in [7, 11) is 0. The molecule has 0 atom stereocenters. The summed E-state index contributed by atoms with van der Waals surface area (Å²) in [5.74, 6) is 0. The van der Waals surface area contributed by atoms with E-state index in [1.165, 1.54) is 22.5 Å². The fourth-order valence-electron chi connectivity index (χ4n) is 1.61. The van der Waals surface area contributed by atoms with Gasteiger partial charge in [0.1, 0.15) is 0 Å². The number of H-pyrrole nitrogens is 1. The smallest absolute Gasteiger partial charge is 0.0194 e. The quantitative estimate of drug-likeness (QED) is 0.638. The summed E-state index contributed by atoms with van der Waals surface area (Å²) in [6, 6.07) is 0. The maximum atomic E-state index is 5.52. The lowest BCUT2D eigenvalue weighted by molar-refractivity contribution is 0.886. The molecule has 0 saturated heterocycles. The van der Waals surface area contributed by atoms with E-state index < -0.39 is 0 Å². The van der Waals surface area contributed by atoms with Crippen LogP contribution >= 0.6 is 0 Å². The molecule has 1 aromatic rings. The average molecular weight is 181 g/mol. The van der Waals surface area contributed by atoms with Gasteiger partial charge in [-0.05, 0) is 50.9 Å². The van der Waals surface area contributed by atoms with Gasteiger partial charge in [0.25, 0.3) is 0 Å². The van der Waals surface area contributed by atoms with Gasteiger partial charge in [-0.15, -0.1) is 0 Å². The molecular weight excluding hydrogens is 162 g/mol. The van der Waals surface area contributed by atoms with E-state index in [0.717, 1.165) is 12.8 Å². The number of nitrogens with one attached hydrogen (secondary N) is 1. The minimum atomic E-state index is 0.697. The minimum absolute atomic E-state index is 0.697. The average Bonchev–Trinajstić information content (AvgIpc) is 2.36. The summed E-state index contributed by atoms with van der Waals surface area (Å²) in [6.45, 7) is 5.67. The summed E-state index contributed by atoms with van der Waals surface area (Å²) in [5, 5.41) is 0. The molecule has 13 heavy (non-hydrogen) atoms. The Kier molecular flexibility index (Phi) is 3.51. The Balaban J connectivity index is 2.90. The highest BCUT2D eigenvalue weighted by Crippen LogP contribution is 2.17. The first-order valence-corrected chi connectivity index (χ1v) is 4.77. The Morgan fingerprint density at radius 2 is 1.31 bits per heavy atom. The van der Waals surface area contributed by atoms with Gasteiger partial charge in [-0.3, -0.25) is 0 Å². The van der Waals surface area contributed by atoms with E-state index in [9.17, 15) is 0 Å². The summed E-state index contributed by atoms with van der Waals surface area (Å²) in [4.78, 5) is 3.39. The lowest BCUT2D eigenvalue weighted by atomic mass is 10.1. The standard InChI is InChI=1S/C10H19N3/c1-7-8(2)10(4-6-12)13-9(7)3-5-11/h13H,3-6,11-12H2,1-2H3. The van der Waals surface area contributed by atoms with Crippen LogP contribution < -0.4 is 11.5 Å². The van der Waals surface area contributed by atoms with Crippen LogP contribution in [0.15, 0.2) is 0 Å². The van der Waals surface area contributed by atoms with Crippen molar-refractivity contribution in [2.45, 2.75) is 26.7 Å². The molecule has 0 spiro atoms. The second-order valence-electron chi connectivity index (χ2n) is 3.41. The third kappa shape index (κ3) is 2.11. The largest absolute Gasteiger partial charge is 0.362 e. The van der Waals surface area contributed by atoms with E-state index in [0.29, 0.717) is 13.1 Å². The van der Waals surface area contributed by atoms with Crippen LogP contribution in [0.1, 0.15) is 22.5 Å². The van der Waals surface area contributed by atoms with Crippen LogP contribution in [0.25, 0.3) is 0 Å². The Hall–Kier alpha value is -0.800. The number of hydrogen-bond donors (Lipinski definition) is 3. The zero-order chi connectivity index (χ0) is 9.84. The molecule has 0 aromatic carbocycles. The first-order valence-electron chi connectivity index (χ1n) is 4.77. The van der Waals surface area contributed by atoms with Crippen molar-refractivity contribution in [2.75, 3.05) is 13.1 Å². The molecular formula is C10H19N3. The summed E-state index contributed by atoms with van der Waals surface area (Å²) < 4.78 is 0. The topological polar surface area (TPSA) is 67.8 Å². The summed E-state index contributed by atoms with van der Waals surface area (Å²) in [6.07, 6.45) is 1.86. The van der Waals surface area contributed by atoms with Gasteiger partial charge in [-0.25, -0.2) is 0 Å². The second-order valence-corrected chi connectivity index (χ2v) is 3.41. The Bertz CT molecular complexity index is 249. The first-order chi connectivity index (χ1) is 6.20. The van der Waals surface area contributed by atoms with Gasteiger partial charge >= 0.3 is 0 Å². The molecule has 0 bridgehead atoms. The van der Waals surface area contributed by atoms with Crippen LogP contribution in [0, 0.1) is 13.8 Å². The molecule has 1 heterocycles. The van der Waals surface area contributed by atoms with Crippen LogP contribution in [0.5, 0.6) is 0 Å².